The molecule has 2 aliphatic heterocycles. The molecule has 0 aromatic heterocycles. The smallest absolute Gasteiger partial charge is 0.245 e. The van der Waals surface area contributed by atoms with E-state index < -0.39 is 121 Å². The van der Waals surface area contributed by atoms with Gasteiger partial charge in [-0.05, 0) is 44.4 Å². The number of primary amides is 1. The summed E-state index contributed by atoms with van der Waals surface area (Å²) >= 11 is 0. The van der Waals surface area contributed by atoms with Crippen molar-refractivity contribution in [2.75, 3.05) is 24.6 Å². The Kier molecular flexibility index (Phi) is 20.7. The van der Waals surface area contributed by atoms with Gasteiger partial charge in [0.1, 0.15) is 42.5 Å². The van der Waals surface area contributed by atoms with Crippen molar-refractivity contribution >= 4 is 81.0 Å². The van der Waals surface area contributed by atoms with E-state index in [4.69, 9.17) is 5.73 Å². The minimum absolute atomic E-state index is 0.0444. The Morgan fingerprint density at radius 1 is 0.815 bits per heavy atom. The standard InChI is InChI=1S/C42H56N10O11S2/c1-23-36(57)48-30(17-26-12-7-4-8-13-26)40(61)52-35(24(2)54)42(63)45-19-34(56)47-27(20-53)21-64-65-22-32(41(62)50-31(18-33(43)55)38(59)46-23)51-39(60)29(16-25-10-5-3-6-11-25)49-37(58)28-14-9-15-44-28/h3-8,10-13,20,23-24,27-32,35,44,54H,9,14-19,21-22H2,1-2H3,(H2,43,55)(H,45,63)(H,46,59)(H,47,56)(H,48,57)(H,49,58)(H,50,62)(H,51,60)(H,52,61)/t23-,24+,27+,28-,29-,30-,31-,32-,35-/m0/s1. The van der Waals surface area contributed by atoms with Crippen LogP contribution in [-0.2, 0) is 60.8 Å². The normalized spacial score (nSPS) is 25.4. The molecule has 2 heterocycles. The first-order chi connectivity index (χ1) is 31.0. The number of carbonyl (C=O) groups is 10. The van der Waals surface area contributed by atoms with Gasteiger partial charge in [-0.25, -0.2) is 0 Å². The minimum Gasteiger partial charge on any atom is -0.391 e. The van der Waals surface area contributed by atoms with Gasteiger partial charge < -0.3 is 63.5 Å². The molecule has 352 valence electrons. The van der Waals surface area contributed by atoms with Crippen LogP contribution in [-0.4, -0.2) is 144 Å². The van der Waals surface area contributed by atoms with Crippen molar-refractivity contribution in [1.82, 2.24) is 47.9 Å². The van der Waals surface area contributed by atoms with Crippen LogP contribution < -0.4 is 53.6 Å². The number of benzene rings is 2. The quantitative estimate of drug-likeness (QED) is 0.0731. The lowest BCUT2D eigenvalue weighted by atomic mass is 10.0. The second-order valence-electron chi connectivity index (χ2n) is 15.5. The van der Waals surface area contributed by atoms with Gasteiger partial charge in [0.25, 0.3) is 0 Å². The molecule has 2 saturated heterocycles. The van der Waals surface area contributed by atoms with Crippen LogP contribution in [0.15, 0.2) is 60.7 Å². The number of nitrogens with one attached hydrogen (secondary N) is 9. The molecule has 9 amide bonds. The molecular formula is C42H56N10O11S2. The topological polar surface area (TPSA) is 325 Å². The fraction of sp³-hybridized carbons (Fsp3) is 0.476. The molecule has 65 heavy (non-hydrogen) atoms. The molecule has 12 N–H and O–H groups in total. The van der Waals surface area contributed by atoms with Crippen LogP contribution in [0.2, 0.25) is 0 Å². The number of hydrogen-bond acceptors (Lipinski definition) is 14. The molecule has 21 nitrogen and oxygen atoms in total. The van der Waals surface area contributed by atoms with E-state index >= 15 is 0 Å². The number of rotatable bonds is 12. The second-order valence-corrected chi connectivity index (χ2v) is 18.0. The molecule has 2 aromatic carbocycles. The Morgan fingerprint density at radius 3 is 2.06 bits per heavy atom. The van der Waals surface area contributed by atoms with Gasteiger partial charge in [0, 0.05) is 24.3 Å². The molecule has 0 saturated carbocycles. The Balaban J connectivity index is 1.64. The maximum Gasteiger partial charge on any atom is 0.245 e. The number of aliphatic hydroxyl groups excluding tert-OH is 1. The van der Waals surface area contributed by atoms with Crippen LogP contribution in [0.1, 0.15) is 44.2 Å². The first-order valence-corrected chi connectivity index (χ1v) is 23.4. The molecule has 4 rings (SSSR count). The molecule has 0 radical (unpaired) electrons. The van der Waals surface area contributed by atoms with Gasteiger partial charge in [0.05, 0.1) is 31.2 Å². The molecule has 23 heteroatoms. The predicted octanol–water partition coefficient (Wildman–Crippen LogP) is -3.40. The van der Waals surface area contributed by atoms with Crippen molar-refractivity contribution in [3.05, 3.63) is 71.8 Å². The monoisotopic (exact) mass is 940 g/mol. The first kappa shape index (κ1) is 51.6. The lowest BCUT2D eigenvalue weighted by molar-refractivity contribution is -0.136. The summed E-state index contributed by atoms with van der Waals surface area (Å²) in [6, 6.07) is 7.00. The molecule has 2 aliphatic rings. The number of carbonyl (C=O) groups excluding carboxylic acids is 10. The van der Waals surface area contributed by atoms with Crippen LogP contribution in [0.25, 0.3) is 0 Å². The fourth-order valence-electron chi connectivity index (χ4n) is 6.66. The molecule has 2 aromatic rings. The minimum atomic E-state index is -1.68. The van der Waals surface area contributed by atoms with E-state index in [1.807, 2.05) is 0 Å². The van der Waals surface area contributed by atoms with Gasteiger partial charge in [-0.2, -0.15) is 0 Å². The highest BCUT2D eigenvalue weighted by Gasteiger charge is 2.35. The van der Waals surface area contributed by atoms with Gasteiger partial charge in [-0.3, -0.25) is 43.2 Å². The number of nitrogens with two attached hydrogens (primary N) is 1. The number of aliphatic hydroxyl groups is 1. The van der Waals surface area contributed by atoms with Crippen LogP contribution >= 0.6 is 21.6 Å². The van der Waals surface area contributed by atoms with E-state index in [1.54, 1.807) is 60.7 Å². The SMILES string of the molecule is C[C@@H]1NC(=O)[C@H](CC(N)=O)NC(=O)[C@@H](NC(=O)[C@H](Cc2ccccc2)NC(=O)[C@@H]2CCCN2)CSSC[C@@H](C=O)NC(=O)CNC(=O)[C@H]([C@@H](C)O)NC(=O)[C@H](Cc2ccccc2)NC1=O. The zero-order chi connectivity index (χ0) is 47.5. The number of aldehydes is 1. The summed E-state index contributed by atoms with van der Waals surface area (Å²) in [4.78, 5) is 133. The molecule has 0 aliphatic carbocycles. The van der Waals surface area contributed by atoms with Crippen molar-refractivity contribution in [2.45, 2.75) is 100 Å². The predicted molar refractivity (Wildman–Crippen MR) is 240 cm³/mol. The van der Waals surface area contributed by atoms with Crippen LogP contribution in [0.3, 0.4) is 0 Å². The van der Waals surface area contributed by atoms with Gasteiger partial charge >= 0.3 is 0 Å². The maximum absolute atomic E-state index is 14.1. The van der Waals surface area contributed by atoms with Crippen molar-refractivity contribution in [3.8, 4) is 0 Å². The average molecular weight is 941 g/mol. The largest absolute Gasteiger partial charge is 0.391 e. The zero-order valence-corrected chi connectivity index (χ0v) is 37.5. The van der Waals surface area contributed by atoms with Gasteiger partial charge in [0.2, 0.25) is 53.2 Å². The lowest BCUT2D eigenvalue weighted by Crippen LogP contribution is -2.61. The molecule has 0 unspecified atom stereocenters. The van der Waals surface area contributed by atoms with Crippen molar-refractivity contribution in [3.63, 3.8) is 0 Å². The summed E-state index contributed by atoms with van der Waals surface area (Å²) in [6.45, 7) is 2.47. The summed E-state index contributed by atoms with van der Waals surface area (Å²) in [5, 5.41) is 33.5. The van der Waals surface area contributed by atoms with E-state index in [0.29, 0.717) is 30.4 Å². The lowest BCUT2D eigenvalue weighted by Gasteiger charge is -2.27. The van der Waals surface area contributed by atoms with Gasteiger partial charge in [-0.1, -0.05) is 82.3 Å². The highest BCUT2D eigenvalue weighted by molar-refractivity contribution is 8.76. The van der Waals surface area contributed by atoms with Crippen molar-refractivity contribution in [2.24, 2.45) is 5.73 Å². The Labute approximate surface area is 383 Å². The summed E-state index contributed by atoms with van der Waals surface area (Å²) in [5.41, 5.74) is 6.77. The second kappa shape index (κ2) is 26.1. The molecule has 2 fully saturated rings. The first-order valence-electron chi connectivity index (χ1n) is 20.9. The summed E-state index contributed by atoms with van der Waals surface area (Å²) in [7, 11) is 2.04. The molecule has 9 atom stereocenters. The van der Waals surface area contributed by atoms with E-state index in [-0.39, 0.29) is 24.3 Å². The third-order valence-electron chi connectivity index (χ3n) is 10.2. The summed E-state index contributed by atoms with van der Waals surface area (Å²) in [6.07, 6.45) is -0.522. The molecular weight excluding hydrogens is 885 g/mol. The Morgan fingerprint density at radius 2 is 1.45 bits per heavy atom. The van der Waals surface area contributed by atoms with E-state index in [9.17, 15) is 53.1 Å². The van der Waals surface area contributed by atoms with Crippen LogP contribution in [0.4, 0.5) is 0 Å². The summed E-state index contributed by atoms with van der Waals surface area (Å²) in [5.74, 6) is -7.96. The van der Waals surface area contributed by atoms with Crippen LogP contribution in [0, 0.1) is 0 Å². The zero-order valence-electron chi connectivity index (χ0n) is 35.8. The fourth-order valence-corrected chi connectivity index (χ4v) is 8.96. The third kappa shape index (κ3) is 17.1. The summed E-state index contributed by atoms with van der Waals surface area (Å²) < 4.78 is 0. The highest BCUT2D eigenvalue weighted by atomic mass is 33.1. The average Bonchev–Trinajstić information content (AvgIpc) is 3.83. The number of amides is 9. The Bertz CT molecular complexity index is 2010. The van der Waals surface area contributed by atoms with E-state index in [2.05, 4.69) is 47.9 Å². The van der Waals surface area contributed by atoms with Crippen molar-refractivity contribution in [1.29, 1.82) is 0 Å². The van der Waals surface area contributed by atoms with E-state index in [0.717, 1.165) is 28.0 Å². The van der Waals surface area contributed by atoms with Gasteiger partial charge in [-0.15, -0.1) is 0 Å². The third-order valence-corrected chi connectivity index (χ3v) is 12.6. The highest BCUT2D eigenvalue weighted by Crippen LogP contribution is 2.23. The maximum atomic E-state index is 14.1. The van der Waals surface area contributed by atoms with Crippen molar-refractivity contribution < 1.29 is 53.1 Å². The number of hydrogen-bond donors (Lipinski definition) is 11. The van der Waals surface area contributed by atoms with Crippen LogP contribution in [0.5, 0.6) is 0 Å². The molecule has 0 bridgehead atoms. The Hall–Kier alpha value is -6.04. The van der Waals surface area contributed by atoms with E-state index in [1.165, 1.54) is 13.8 Å². The van der Waals surface area contributed by atoms with Gasteiger partial charge in [0.15, 0.2) is 0 Å². The molecule has 0 spiro atoms.